The van der Waals surface area contributed by atoms with Crippen LogP contribution in [0.25, 0.3) is 0 Å². The van der Waals surface area contributed by atoms with Crippen LogP contribution in [0.15, 0.2) is 42.5 Å². The Morgan fingerprint density at radius 1 is 1.11 bits per heavy atom. The van der Waals surface area contributed by atoms with Crippen molar-refractivity contribution in [3.8, 4) is 0 Å². The molecule has 0 bridgehead atoms. The van der Waals surface area contributed by atoms with Gasteiger partial charge in [0, 0.05) is 6.54 Å². The molecule has 1 aliphatic carbocycles. The molecule has 92 valence electrons. The monoisotopic (exact) mass is 242 g/mol. The molecule has 1 aromatic carbocycles. The van der Waals surface area contributed by atoms with Crippen LogP contribution in [-0.4, -0.2) is 4.98 Å². The molecule has 0 spiro atoms. The highest BCUT2D eigenvalue weighted by Crippen LogP contribution is 2.39. The average Bonchev–Trinajstić information content (AvgIpc) is 3.21. The Labute approximate surface area is 106 Å². The van der Waals surface area contributed by atoms with E-state index in [0.717, 1.165) is 5.92 Å². The van der Waals surface area contributed by atoms with Gasteiger partial charge in [0.25, 0.3) is 0 Å². The molecule has 2 nitrogen and oxygen atoms in total. The van der Waals surface area contributed by atoms with Crippen LogP contribution in [-0.2, 0) is 6.54 Å². The van der Waals surface area contributed by atoms with Crippen LogP contribution in [0.3, 0.4) is 0 Å². The average molecular weight is 242 g/mol. The van der Waals surface area contributed by atoms with Gasteiger partial charge in [0.2, 0.25) is 5.95 Å². The SMILES string of the molecule is Fc1cccc(NCc2ccc(C3CC3)cc2)n1. The van der Waals surface area contributed by atoms with Crippen molar-refractivity contribution in [1.82, 2.24) is 4.98 Å². The number of hydrogen-bond acceptors (Lipinski definition) is 2. The Balaban J connectivity index is 1.62. The normalized spacial score (nSPS) is 14.5. The first kappa shape index (κ1) is 11.2. The zero-order valence-electron chi connectivity index (χ0n) is 10.1. The molecule has 3 heteroatoms. The molecule has 18 heavy (non-hydrogen) atoms. The lowest BCUT2D eigenvalue weighted by Gasteiger charge is -2.06. The molecule has 1 aromatic heterocycles. The van der Waals surface area contributed by atoms with Crippen molar-refractivity contribution in [2.45, 2.75) is 25.3 Å². The summed E-state index contributed by atoms with van der Waals surface area (Å²) >= 11 is 0. The summed E-state index contributed by atoms with van der Waals surface area (Å²) in [6.45, 7) is 0.668. The highest BCUT2D eigenvalue weighted by atomic mass is 19.1. The molecule has 0 saturated heterocycles. The van der Waals surface area contributed by atoms with Crippen LogP contribution in [0, 0.1) is 5.95 Å². The van der Waals surface area contributed by atoms with Gasteiger partial charge in [-0.1, -0.05) is 30.3 Å². The molecule has 1 N–H and O–H groups in total. The number of halogens is 1. The first-order valence-electron chi connectivity index (χ1n) is 6.26. The second-order valence-corrected chi connectivity index (χ2v) is 4.71. The fraction of sp³-hybridized carbons (Fsp3) is 0.267. The van der Waals surface area contributed by atoms with Crippen molar-refractivity contribution in [1.29, 1.82) is 0 Å². The largest absolute Gasteiger partial charge is 0.366 e. The minimum atomic E-state index is -0.455. The summed E-state index contributed by atoms with van der Waals surface area (Å²) in [7, 11) is 0. The number of benzene rings is 1. The van der Waals surface area contributed by atoms with Gasteiger partial charge in [0.05, 0.1) is 0 Å². The van der Waals surface area contributed by atoms with Crippen molar-refractivity contribution in [2.24, 2.45) is 0 Å². The number of rotatable bonds is 4. The van der Waals surface area contributed by atoms with E-state index in [1.165, 1.54) is 30.0 Å². The lowest BCUT2D eigenvalue weighted by molar-refractivity contribution is 0.585. The topological polar surface area (TPSA) is 24.9 Å². The van der Waals surface area contributed by atoms with Gasteiger partial charge < -0.3 is 5.32 Å². The Morgan fingerprint density at radius 3 is 2.56 bits per heavy atom. The molecule has 1 aliphatic rings. The molecular weight excluding hydrogens is 227 g/mol. The fourth-order valence-corrected chi connectivity index (χ4v) is 2.02. The van der Waals surface area contributed by atoms with Gasteiger partial charge >= 0.3 is 0 Å². The fourth-order valence-electron chi connectivity index (χ4n) is 2.02. The molecule has 3 rings (SSSR count). The third kappa shape index (κ3) is 2.67. The quantitative estimate of drug-likeness (QED) is 0.827. The maximum absolute atomic E-state index is 12.9. The maximum Gasteiger partial charge on any atom is 0.214 e. The zero-order chi connectivity index (χ0) is 12.4. The number of aromatic nitrogens is 1. The van der Waals surface area contributed by atoms with Gasteiger partial charge in [-0.25, -0.2) is 4.98 Å². The highest BCUT2D eigenvalue weighted by molar-refractivity contribution is 5.36. The molecule has 2 aromatic rings. The van der Waals surface area contributed by atoms with Crippen LogP contribution in [0.2, 0.25) is 0 Å². The summed E-state index contributed by atoms with van der Waals surface area (Å²) in [5, 5.41) is 3.11. The molecule has 0 amide bonds. The summed E-state index contributed by atoms with van der Waals surface area (Å²) in [5.74, 6) is 0.905. The lowest BCUT2D eigenvalue weighted by Crippen LogP contribution is -2.02. The van der Waals surface area contributed by atoms with Crippen molar-refractivity contribution in [3.63, 3.8) is 0 Å². The van der Waals surface area contributed by atoms with Crippen molar-refractivity contribution < 1.29 is 4.39 Å². The summed E-state index contributed by atoms with van der Waals surface area (Å²) in [5.41, 5.74) is 2.62. The Hall–Kier alpha value is -1.90. The van der Waals surface area contributed by atoms with E-state index in [9.17, 15) is 4.39 Å². The molecule has 0 unspecified atom stereocenters. The molecule has 1 heterocycles. The van der Waals surface area contributed by atoms with Crippen molar-refractivity contribution >= 4 is 5.82 Å². The van der Waals surface area contributed by atoms with Crippen LogP contribution < -0.4 is 5.32 Å². The number of nitrogens with one attached hydrogen (secondary N) is 1. The van der Waals surface area contributed by atoms with Crippen LogP contribution >= 0.6 is 0 Å². The van der Waals surface area contributed by atoms with E-state index in [2.05, 4.69) is 34.6 Å². The predicted molar refractivity (Wildman–Crippen MR) is 69.9 cm³/mol. The summed E-state index contributed by atoms with van der Waals surface area (Å²) in [6, 6.07) is 13.4. The predicted octanol–water partition coefficient (Wildman–Crippen LogP) is 3.71. The Bertz CT molecular complexity index is 532. The molecule has 0 aliphatic heterocycles. The molecule has 1 saturated carbocycles. The second kappa shape index (κ2) is 4.77. The van der Waals surface area contributed by atoms with Gasteiger partial charge in [-0.3, -0.25) is 0 Å². The van der Waals surface area contributed by atoms with E-state index in [1.54, 1.807) is 12.1 Å². The third-order valence-corrected chi connectivity index (χ3v) is 3.22. The minimum absolute atomic E-state index is 0.455. The molecule has 0 atom stereocenters. The van der Waals surface area contributed by atoms with Crippen LogP contribution in [0.5, 0.6) is 0 Å². The second-order valence-electron chi connectivity index (χ2n) is 4.71. The summed E-state index contributed by atoms with van der Waals surface area (Å²) < 4.78 is 12.9. The maximum atomic E-state index is 12.9. The van der Waals surface area contributed by atoms with Gasteiger partial charge in [-0.2, -0.15) is 4.39 Å². The highest BCUT2D eigenvalue weighted by Gasteiger charge is 2.22. The van der Waals surface area contributed by atoms with Crippen molar-refractivity contribution in [2.75, 3.05) is 5.32 Å². The smallest absolute Gasteiger partial charge is 0.214 e. The molecule has 0 radical (unpaired) electrons. The summed E-state index contributed by atoms with van der Waals surface area (Å²) in [4.78, 5) is 3.77. The Kier molecular flexibility index (Phi) is 2.97. The first-order chi connectivity index (χ1) is 8.81. The number of anilines is 1. The summed E-state index contributed by atoms with van der Waals surface area (Å²) in [6.07, 6.45) is 2.65. The first-order valence-corrected chi connectivity index (χ1v) is 6.26. The Morgan fingerprint density at radius 2 is 1.89 bits per heavy atom. The van der Waals surface area contributed by atoms with Gasteiger partial charge in [0.15, 0.2) is 0 Å². The van der Waals surface area contributed by atoms with E-state index < -0.39 is 5.95 Å². The van der Waals surface area contributed by atoms with E-state index in [-0.39, 0.29) is 0 Å². The minimum Gasteiger partial charge on any atom is -0.366 e. The van der Waals surface area contributed by atoms with E-state index >= 15 is 0 Å². The standard InChI is InChI=1S/C15H15FN2/c16-14-2-1-3-15(18-14)17-10-11-4-6-12(7-5-11)13-8-9-13/h1-7,13H,8-10H2,(H,17,18). The molecule has 1 fully saturated rings. The van der Waals surface area contributed by atoms with E-state index in [1.807, 2.05) is 0 Å². The van der Waals surface area contributed by atoms with Gasteiger partial charge in [-0.05, 0) is 42.0 Å². The van der Waals surface area contributed by atoms with Gasteiger partial charge in [0.1, 0.15) is 5.82 Å². The molecular formula is C15H15FN2. The van der Waals surface area contributed by atoms with Crippen LogP contribution in [0.1, 0.15) is 29.9 Å². The van der Waals surface area contributed by atoms with Crippen LogP contribution in [0.4, 0.5) is 10.2 Å². The third-order valence-electron chi connectivity index (χ3n) is 3.22. The van der Waals surface area contributed by atoms with Gasteiger partial charge in [-0.15, -0.1) is 0 Å². The number of nitrogens with zero attached hydrogens (tertiary/aromatic N) is 1. The number of hydrogen-bond donors (Lipinski definition) is 1. The number of pyridine rings is 1. The van der Waals surface area contributed by atoms with E-state index in [0.29, 0.717) is 12.4 Å². The van der Waals surface area contributed by atoms with Crippen molar-refractivity contribution in [3.05, 3.63) is 59.5 Å². The van der Waals surface area contributed by atoms with E-state index in [4.69, 9.17) is 0 Å². The zero-order valence-corrected chi connectivity index (χ0v) is 10.1. The lowest BCUT2D eigenvalue weighted by atomic mass is 10.1.